The molecule has 7 nitrogen and oxygen atoms in total. The first-order chi connectivity index (χ1) is 13.1. The predicted molar refractivity (Wildman–Crippen MR) is 103 cm³/mol. The molecule has 1 saturated heterocycles. The van der Waals surface area contributed by atoms with Crippen LogP contribution in [0.25, 0.3) is 0 Å². The summed E-state index contributed by atoms with van der Waals surface area (Å²) in [5.41, 5.74) is 2.29. The van der Waals surface area contributed by atoms with Crippen molar-refractivity contribution in [2.75, 3.05) is 6.54 Å². The minimum atomic E-state index is -1.23. The van der Waals surface area contributed by atoms with E-state index >= 15 is 0 Å². The number of amides is 3. The van der Waals surface area contributed by atoms with Gasteiger partial charge in [-0.25, -0.2) is 4.79 Å². The molecular weight excluding hydrogens is 358 g/mol. The van der Waals surface area contributed by atoms with Gasteiger partial charge in [0.15, 0.2) is 11.6 Å². The number of urea groups is 1. The Morgan fingerprint density at radius 2 is 1.68 bits per heavy atom. The lowest BCUT2D eigenvalue weighted by molar-refractivity contribution is -0.130. The van der Waals surface area contributed by atoms with Crippen LogP contribution in [0, 0.1) is 20.8 Å². The third-order valence-corrected chi connectivity index (χ3v) is 5.27. The second kappa shape index (κ2) is 6.74. The van der Waals surface area contributed by atoms with Crippen molar-refractivity contribution < 1.29 is 19.2 Å². The Balaban J connectivity index is 1.87. The number of benzene rings is 1. The molecule has 2 N–H and O–H groups in total. The number of aromatic amines is 1. The molecule has 1 aromatic heterocycles. The number of rotatable bonds is 5. The van der Waals surface area contributed by atoms with Crippen LogP contribution in [0.1, 0.15) is 57.1 Å². The summed E-state index contributed by atoms with van der Waals surface area (Å²) in [5, 5.41) is 2.69. The van der Waals surface area contributed by atoms with Crippen molar-refractivity contribution in [3.63, 3.8) is 0 Å². The van der Waals surface area contributed by atoms with Crippen molar-refractivity contribution in [3.8, 4) is 0 Å². The molecule has 0 bridgehead atoms. The van der Waals surface area contributed by atoms with Crippen LogP contribution in [-0.4, -0.2) is 39.9 Å². The number of imide groups is 1. The lowest BCUT2D eigenvalue weighted by Crippen LogP contribution is -2.41. The fourth-order valence-corrected chi connectivity index (χ4v) is 3.70. The van der Waals surface area contributed by atoms with Crippen molar-refractivity contribution in [2.24, 2.45) is 0 Å². The number of carbonyl (C=O) groups excluding carboxylic acids is 4. The highest BCUT2D eigenvalue weighted by Crippen LogP contribution is 2.29. The van der Waals surface area contributed by atoms with E-state index in [9.17, 15) is 19.2 Å². The van der Waals surface area contributed by atoms with Crippen LogP contribution in [0.3, 0.4) is 0 Å². The van der Waals surface area contributed by atoms with Crippen LogP contribution in [0.4, 0.5) is 4.79 Å². The maximum Gasteiger partial charge on any atom is 0.325 e. The smallest absolute Gasteiger partial charge is 0.325 e. The number of Topliss-reactive ketones (excluding diaryl/α,β-unsaturated/α-hetero) is 2. The Morgan fingerprint density at radius 3 is 2.21 bits per heavy atom. The van der Waals surface area contributed by atoms with Crippen molar-refractivity contribution >= 4 is 23.5 Å². The van der Waals surface area contributed by atoms with Crippen molar-refractivity contribution in [1.29, 1.82) is 0 Å². The quantitative estimate of drug-likeness (QED) is 0.614. The molecule has 0 aliphatic carbocycles. The molecule has 1 aliphatic rings. The van der Waals surface area contributed by atoms with E-state index < -0.39 is 29.8 Å². The number of hydrogen-bond donors (Lipinski definition) is 2. The van der Waals surface area contributed by atoms with Gasteiger partial charge >= 0.3 is 6.03 Å². The summed E-state index contributed by atoms with van der Waals surface area (Å²) in [6.07, 6.45) is 0. The number of nitrogens with one attached hydrogen (secondary N) is 2. The summed E-state index contributed by atoms with van der Waals surface area (Å²) >= 11 is 0. The number of H-pyrrole nitrogens is 1. The summed E-state index contributed by atoms with van der Waals surface area (Å²) in [6.45, 7) is 7.98. The Labute approximate surface area is 163 Å². The van der Waals surface area contributed by atoms with E-state index in [4.69, 9.17) is 0 Å². The zero-order chi connectivity index (χ0) is 20.8. The van der Waals surface area contributed by atoms with Crippen molar-refractivity contribution in [3.05, 3.63) is 57.9 Å². The summed E-state index contributed by atoms with van der Waals surface area (Å²) in [5.74, 6) is -1.06. The number of nitrogens with zero attached hydrogens (tertiary/aromatic N) is 1. The second-order valence-corrected chi connectivity index (χ2v) is 7.42. The van der Waals surface area contributed by atoms with E-state index in [2.05, 4.69) is 10.3 Å². The molecule has 0 radical (unpaired) electrons. The standard InChI is InChI=1S/C21H23N3O4/c1-11-6-8-15(9-7-11)21(5)19(27)24(20(28)23-21)10-16(26)18-12(2)17(14(4)25)13(3)22-18/h6-9,22H,10H2,1-5H3,(H,23,28)/t21-/m1/s1. The van der Waals surface area contributed by atoms with Crippen molar-refractivity contribution in [1.82, 2.24) is 15.2 Å². The number of aryl methyl sites for hydroxylation is 2. The molecule has 3 rings (SSSR count). The van der Waals surface area contributed by atoms with Gasteiger partial charge in [-0.2, -0.15) is 0 Å². The lowest BCUT2D eigenvalue weighted by atomic mass is 9.91. The van der Waals surface area contributed by atoms with Crippen LogP contribution >= 0.6 is 0 Å². The predicted octanol–water partition coefficient (Wildman–Crippen LogP) is 2.79. The van der Waals surface area contributed by atoms with Crippen LogP contribution in [0.5, 0.6) is 0 Å². The summed E-state index contributed by atoms with van der Waals surface area (Å²) in [7, 11) is 0. The van der Waals surface area contributed by atoms with Gasteiger partial charge in [0.2, 0.25) is 0 Å². The second-order valence-electron chi connectivity index (χ2n) is 7.42. The van der Waals surface area contributed by atoms with Gasteiger partial charge in [0.1, 0.15) is 5.54 Å². The topological polar surface area (TPSA) is 99.3 Å². The Hall–Kier alpha value is -3.22. The van der Waals surface area contributed by atoms with Crippen LogP contribution in [-0.2, 0) is 10.3 Å². The maximum atomic E-state index is 13.0. The van der Waals surface area contributed by atoms with Gasteiger partial charge in [-0.3, -0.25) is 19.3 Å². The molecule has 1 fully saturated rings. The summed E-state index contributed by atoms with van der Waals surface area (Å²) in [6, 6.07) is 6.69. The first-order valence-corrected chi connectivity index (χ1v) is 9.00. The Kier molecular flexibility index (Phi) is 4.71. The molecule has 1 aliphatic heterocycles. The van der Waals surface area contributed by atoms with Crippen LogP contribution in [0.15, 0.2) is 24.3 Å². The molecule has 28 heavy (non-hydrogen) atoms. The van der Waals surface area contributed by atoms with Gasteiger partial charge < -0.3 is 10.3 Å². The van der Waals surface area contributed by atoms with E-state index in [1.165, 1.54) is 6.92 Å². The molecule has 3 amide bonds. The fourth-order valence-electron chi connectivity index (χ4n) is 3.70. The van der Waals surface area contributed by atoms with Crippen LogP contribution < -0.4 is 5.32 Å². The summed E-state index contributed by atoms with van der Waals surface area (Å²) < 4.78 is 0. The monoisotopic (exact) mass is 381 g/mol. The molecular formula is C21H23N3O4. The molecule has 146 valence electrons. The normalized spacial score (nSPS) is 19.1. The molecule has 2 aromatic rings. The summed E-state index contributed by atoms with van der Waals surface area (Å²) in [4.78, 5) is 53.8. The van der Waals surface area contributed by atoms with Gasteiger partial charge in [0.05, 0.1) is 12.2 Å². The molecule has 0 spiro atoms. The highest BCUT2D eigenvalue weighted by Gasteiger charge is 2.49. The molecule has 1 aromatic carbocycles. The number of hydrogen-bond acceptors (Lipinski definition) is 4. The number of ketones is 2. The van der Waals surface area contributed by atoms with Gasteiger partial charge in [-0.1, -0.05) is 29.8 Å². The van der Waals surface area contributed by atoms with Gasteiger partial charge in [0, 0.05) is 11.3 Å². The minimum Gasteiger partial charge on any atom is -0.355 e. The van der Waals surface area contributed by atoms with Gasteiger partial charge in [0.25, 0.3) is 5.91 Å². The highest BCUT2D eigenvalue weighted by molar-refractivity contribution is 6.12. The third-order valence-electron chi connectivity index (χ3n) is 5.27. The first-order valence-electron chi connectivity index (χ1n) is 9.00. The molecule has 0 saturated carbocycles. The Morgan fingerprint density at radius 1 is 1.07 bits per heavy atom. The fraction of sp³-hybridized carbons (Fsp3) is 0.333. The van der Waals surface area contributed by atoms with Crippen LogP contribution in [0.2, 0.25) is 0 Å². The first kappa shape index (κ1) is 19.5. The van der Waals surface area contributed by atoms with E-state index in [-0.39, 0.29) is 11.5 Å². The zero-order valence-corrected chi connectivity index (χ0v) is 16.6. The van der Waals surface area contributed by atoms with E-state index in [1.807, 2.05) is 19.1 Å². The SMILES string of the molecule is CC(=O)c1c(C)[nH]c(C(=O)CN2C(=O)N[C@](C)(c3ccc(C)cc3)C2=O)c1C. The largest absolute Gasteiger partial charge is 0.355 e. The minimum absolute atomic E-state index is 0.146. The highest BCUT2D eigenvalue weighted by atomic mass is 16.2. The lowest BCUT2D eigenvalue weighted by Gasteiger charge is -2.22. The molecule has 7 heteroatoms. The van der Waals surface area contributed by atoms with Gasteiger partial charge in [-0.05, 0) is 45.7 Å². The van der Waals surface area contributed by atoms with Gasteiger partial charge in [-0.15, -0.1) is 0 Å². The molecule has 0 unspecified atom stereocenters. The van der Waals surface area contributed by atoms with E-state index in [0.717, 1.165) is 10.5 Å². The number of carbonyl (C=O) groups is 4. The molecule has 2 heterocycles. The molecule has 1 atom stereocenters. The Bertz CT molecular complexity index is 1000. The average Bonchev–Trinajstić information content (AvgIpc) is 3.03. The maximum absolute atomic E-state index is 13.0. The number of aromatic nitrogens is 1. The zero-order valence-electron chi connectivity index (χ0n) is 16.6. The van der Waals surface area contributed by atoms with Crippen molar-refractivity contribution in [2.45, 2.75) is 40.2 Å². The van der Waals surface area contributed by atoms with E-state index in [1.54, 1.807) is 32.9 Å². The average molecular weight is 381 g/mol. The van der Waals surface area contributed by atoms with E-state index in [0.29, 0.717) is 22.4 Å². The third kappa shape index (κ3) is 3.02.